The van der Waals surface area contributed by atoms with Gasteiger partial charge in [0, 0.05) is 34.4 Å². The van der Waals surface area contributed by atoms with Crippen LogP contribution in [-0.2, 0) is 0 Å². The summed E-state index contributed by atoms with van der Waals surface area (Å²) in [7, 11) is 0. The number of hydrogen-bond donors (Lipinski definition) is 0. The molecule has 5 aromatic rings. The Labute approximate surface area is 383 Å². The Morgan fingerprint density at radius 2 is 1.33 bits per heavy atom. The maximum absolute atomic E-state index is 2.56. The lowest BCUT2D eigenvalue weighted by Crippen LogP contribution is -2.42. The van der Waals surface area contributed by atoms with Gasteiger partial charge in [-0.15, -0.1) is 0 Å². The molecule has 64 heavy (non-hydrogen) atoms. The van der Waals surface area contributed by atoms with Crippen molar-refractivity contribution in [3.63, 3.8) is 0 Å². The highest BCUT2D eigenvalue weighted by Gasteiger charge is 2.33. The fourth-order valence-electron chi connectivity index (χ4n) is 10.2. The smallest absolute Gasteiger partial charge is 0.0643 e. The van der Waals surface area contributed by atoms with E-state index in [-0.39, 0.29) is 11.5 Å². The van der Waals surface area contributed by atoms with Crippen LogP contribution in [0.1, 0.15) is 75.5 Å². The van der Waals surface area contributed by atoms with E-state index < -0.39 is 0 Å². The van der Waals surface area contributed by atoms with E-state index in [0.29, 0.717) is 5.92 Å². The summed E-state index contributed by atoms with van der Waals surface area (Å²) < 4.78 is 0. The molecule has 0 aliphatic heterocycles. The van der Waals surface area contributed by atoms with Crippen molar-refractivity contribution in [3.8, 4) is 0 Å². The number of rotatable bonds is 13. The van der Waals surface area contributed by atoms with E-state index in [4.69, 9.17) is 0 Å². The van der Waals surface area contributed by atoms with Gasteiger partial charge in [-0.3, -0.25) is 0 Å². The lowest BCUT2D eigenvalue weighted by atomic mass is 9.76. The van der Waals surface area contributed by atoms with Crippen molar-refractivity contribution in [2.24, 2.45) is 11.8 Å². The molecule has 3 atom stereocenters. The molecule has 0 amide bonds. The van der Waals surface area contributed by atoms with E-state index in [1.165, 1.54) is 78.6 Å². The van der Waals surface area contributed by atoms with Crippen LogP contribution in [0.4, 0.5) is 22.7 Å². The summed E-state index contributed by atoms with van der Waals surface area (Å²) in [6, 6.07) is 50.7. The first-order valence-electron chi connectivity index (χ1n) is 23.4. The van der Waals surface area contributed by atoms with Crippen molar-refractivity contribution in [1.82, 2.24) is 0 Å². The Hall–Kier alpha value is -6.64. The Bertz CT molecular complexity index is 2730. The fourth-order valence-corrected chi connectivity index (χ4v) is 10.2. The highest BCUT2D eigenvalue weighted by molar-refractivity contribution is 5.73. The number of benzene rings is 5. The van der Waals surface area contributed by atoms with Crippen LogP contribution in [0, 0.1) is 25.7 Å². The molecule has 0 bridgehead atoms. The van der Waals surface area contributed by atoms with E-state index in [0.717, 1.165) is 44.9 Å². The van der Waals surface area contributed by atoms with Gasteiger partial charge in [-0.25, -0.2) is 0 Å². The molecule has 0 radical (unpaired) electrons. The van der Waals surface area contributed by atoms with Gasteiger partial charge < -0.3 is 9.80 Å². The summed E-state index contributed by atoms with van der Waals surface area (Å²) in [4.78, 5) is 4.98. The quantitative estimate of drug-likeness (QED) is 0.117. The fraction of sp³-hybridized carbons (Fsp3) is 0.226. The van der Waals surface area contributed by atoms with Gasteiger partial charge in [0.25, 0.3) is 0 Å². The minimum absolute atomic E-state index is 0.216. The Morgan fingerprint density at radius 1 is 0.656 bits per heavy atom. The normalized spacial score (nSPS) is 20.6. The van der Waals surface area contributed by atoms with Crippen LogP contribution < -0.4 is 9.80 Å². The van der Waals surface area contributed by atoms with Crippen LogP contribution in [0.25, 0.3) is 5.57 Å². The van der Waals surface area contributed by atoms with E-state index in [9.17, 15) is 0 Å². The van der Waals surface area contributed by atoms with E-state index >= 15 is 0 Å². The first-order valence-corrected chi connectivity index (χ1v) is 23.4. The monoisotopic (exact) mass is 834 g/mol. The van der Waals surface area contributed by atoms with Gasteiger partial charge in [0.2, 0.25) is 0 Å². The van der Waals surface area contributed by atoms with Gasteiger partial charge in [0.1, 0.15) is 0 Å². The van der Waals surface area contributed by atoms with Gasteiger partial charge in [0.15, 0.2) is 0 Å². The van der Waals surface area contributed by atoms with Gasteiger partial charge in [0.05, 0.1) is 5.54 Å². The molecule has 0 aromatic heterocycles. The third kappa shape index (κ3) is 9.78. The second-order valence-electron chi connectivity index (χ2n) is 18.5. The van der Waals surface area contributed by atoms with Gasteiger partial charge in [-0.2, -0.15) is 0 Å². The van der Waals surface area contributed by atoms with Crippen LogP contribution in [0.2, 0.25) is 0 Å². The minimum atomic E-state index is -0.216. The average molecular weight is 835 g/mol. The molecule has 0 saturated heterocycles. The maximum atomic E-state index is 2.56. The minimum Gasteiger partial charge on any atom is -0.332 e. The molecule has 0 heterocycles. The van der Waals surface area contributed by atoms with Gasteiger partial charge >= 0.3 is 0 Å². The van der Waals surface area contributed by atoms with Crippen molar-refractivity contribution in [2.75, 3.05) is 9.80 Å². The third-order valence-electron chi connectivity index (χ3n) is 13.6. The molecular formula is C62H62N2. The molecule has 9 rings (SSSR count). The first-order chi connectivity index (χ1) is 31.3. The van der Waals surface area contributed by atoms with Crippen molar-refractivity contribution < 1.29 is 0 Å². The Balaban J connectivity index is 1.05. The summed E-state index contributed by atoms with van der Waals surface area (Å²) in [5.74, 6) is 0.790. The molecule has 0 spiro atoms. The van der Waals surface area contributed by atoms with Gasteiger partial charge in [-0.1, -0.05) is 168 Å². The lowest BCUT2D eigenvalue weighted by molar-refractivity contribution is 0.561. The summed E-state index contributed by atoms with van der Waals surface area (Å²) in [6.07, 6.45) is 33.7. The second kappa shape index (κ2) is 19.4. The van der Waals surface area contributed by atoms with Crippen molar-refractivity contribution in [2.45, 2.75) is 78.2 Å². The number of aryl methyl sites for hydroxylation is 2. The number of allylic oxidation sites excluding steroid dienone is 16. The number of nitrogens with zero attached hydrogens (tertiary/aromatic N) is 2. The van der Waals surface area contributed by atoms with Crippen molar-refractivity contribution >= 4 is 28.3 Å². The molecule has 0 fully saturated rings. The summed E-state index contributed by atoms with van der Waals surface area (Å²) >= 11 is 0. The lowest BCUT2D eigenvalue weighted by Gasteiger charge is -2.42. The topological polar surface area (TPSA) is 6.48 Å². The van der Waals surface area contributed by atoms with Crippen molar-refractivity contribution in [1.29, 1.82) is 0 Å². The van der Waals surface area contributed by atoms with E-state index in [2.05, 4.69) is 244 Å². The van der Waals surface area contributed by atoms with E-state index in [1.54, 1.807) is 0 Å². The predicted octanol–water partition coefficient (Wildman–Crippen LogP) is 16.8. The zero-order valence-corrected chi connectivity index (χ0v) is 38.1. The molecule has 2 nitrogen and oxygen atoms in total. The predicted molar refractivity (Wildman–Crippen MR) is 274 cm³/mol. The average Bonchev–Trinajstić information content (AvgIpc) is 3.32. The van der Waals surface area contributed by atoms with Crippen LogP contribution in [0.3, 0.4) is 0 Å². The SMILES string of the molecule is CC1=CC=CC(C/C(=C2/C=CC(C(CC3=CCC(C)(N(c4ccccc4)c4cccc(C)c4)C=C3)C3=CC=C(N(c4ccccc4)c4cccc(C)c4)CC3)=CC2)c2ccccc2)C1. The summed E-state index contributed by atoms with van der Waals surface area (Å²) in [5, 5.41) is 0. The molecule has 0 saturated carbocycles. The van der Waals surface area contributed by atoms with Crippen LogP contribution in [0.15, 0.2) is 240 Å². The third-order valence-corrected chi connectivity index (χ3v) is 13.6. The standard InChI is InChI=1S/C62H62N2/c1-46-17-14-20-50(41-46)45-61(51-21-8-5-9-22-51)53-31-29-52(30-32-53)60(54-33-35-56(36-34-54)63(55-23-10-6-11-24-55)58-27-15-18-47(2)42-58)44-49-37-39-62(4,40-38-49)64(57-25-12-7-13-26-57)59-28-16-19-48(3)43-59/h5-31,33,35,37-39,42-43,50,60H,32,34,36,40-41,44-45H2,1-4H3/b61-53+. The Kier molecular flexibility index (Phi) is 12.9. The second-order valence-corrected chi connectivity index (χ2v) is 18.5. The highest BCUT2D eigenvalue weighted by atomic mass is 15.2. The molecule has 4 aliphatic rings. The van der Waals surface area contributed by atoms with Crippen molar-refractivity contribution in [3.05, 3.63) is 257 Å². The largest absolute Gasteiger partial charge is 0.332 e. The maximum Gasteiger partial charge on any atom is 0.0643 e. The summed E-state index contributed by atoms with van der Waals surface area (Å²) in [5.41, 5.74) is 18.6. The first kappa shape index (κ1) is 42.7. The molecule has 5 aromatic carbocycles. The zero-order valence-electron chi connectivity index (χ0n) is 38.1. The molecular weight excluding hydrogens is 773 g/mol. The molecule has 320 valence electrons. The highest BCUT2D eigenvalue weighted by Crippen LogP contribution is 2.44. The van der Waals surface area contributed by atoms with Crippen LogP contribution in [-0.4, -0.2) is 5.54 Å². The molecule has 4 aliphatic carbocycles. The zero-order chi connectivity index (χ0) is 43.9. The van der Waals surface area contributed by atoms with Crippen LogP contribution in [0.5, 0.6) is 0 Å². The summed E-state index contributed by atoms with van der Waals surface area (Å²) in [6.45, 7) is 9.02. The molecule has 0 N–H and O–H groups in total. The number of anilines is 4. The van der Waals surface area contributed by atoms with Gasteiger partial charge in [-0.05, 0) is 167 Å². The Morgan fingerprint density at radius 3 is 1.95 bits per heavy atom. The van der Waals surface area contributed by atoms with Crippen LogP contribution >= 0.6 is 0 Å². The molecule has 2 heteroatoms. The van der Waals surface area contributed by atoms with E-state index in [1.807, 2.05) is 0 Å². The number of hydrogen-bond acceptors (Lipinski definition) is 2. The number of para-hydroxylation sites is 2. The molecule has 3 unspecified atom stereocenters.